The highest BCUT2D eigenvalue weighted by atomic mass is 32.1. The van der Waals surface area contributed by atoms with Crippen LogP contribution in [-0.4, -0.2) is 50.5 Å². The molecule has 1 atom stereocenters. The average Bonchev–Trinajstić information content (AvgIpc) is 3.27. The third-order valence-electron chi connectivity index (χ3n) is 4.79. The van der Waals surface area contributed by atoms with Gasteiger partial charge in [-0.25, -0.2) is 10.2 Å². The molecule has 2 heterocycles. The Hall–Kier alpha value is -3.86. The van der Waals surface area contributed by atoms with Gasteiger partial charge in [0.1, 0.15) is 11.5 Å². The zero-order chi connectivity index (χ0) is 24.7. The number of carbonyl (C=O) groups is 2. The topological polar surface area (TPSA) is 117 Å². The summed E-state index contributed by atoms with van der Waals surface area (Å²) < 4.78 is 16.5. The van der Waals surface area contributed by atoms with Crippen molar-refractivity contribution in [3.05, 3.63) is 59.0 Å². The van der Waals surface area contributed by atoms with Crippen LogP contribution in [0.1, 0.15) is 31.2 Å². The summed E-state index contributed by atoms with van der Waals surface area (Å²) in [5.74, 6) is 0.656. The molecule has 2 aromatic rings. The van der Waals surface area contributed by atoms with Crippen molar-refractivity contribution in [1.29, 1.82) is 0 Å². The van der Waals surface area contributed by atoms with Gasteiger partial charge in [0.05, 0.1) is 24.4 Å². The monoisotopic (exact) mass is 485 g/mol. The first-order valence-electron chi connectivity index (χ1n) is 10.6. The molecule has 0 aliphatic carbocycles. The zero-order valence-corrected chi connectivity index (χ0v) is 20.2. The molecule has 0 fully saturated rings. The maximum Gasteiger partial charge on any atom is 0.338 e. The van der Waals surface area contributed by atoms with Gasteiger partial charge in [0.25, 0.3) is 5.91 Å². The summed E-state index contributed by atoms with van der Waals surface area (Å²) >= 11 is 5.28. The number of anilines is 1. The van der Waals surface area contributed by atoms with Crippen molar-refractivity contribution in [2.24, 2.45) is 5.10 Å². The van der Waals surface area contributed by atoms with E-state index in [0.717, 1.165) is 0 Å². The second kappa shape index (κ2) is 11.3. The van der Waals surface area contributed by atoms with Crippen molar-refractivity contribution in [2.45, 2.75) is 19.9 Å². The van der Waals surface area contributed by atoms with Gasteiger partial charge in [-0.15, -0.1) is 0 Å². The van der Waals surface area contributed by atoms with Gasteiger partial charge in [-0.05, 0) is 38.2 Å². The molecule has 0 saturated heterocycles. The SMILES string of the molecule is CCOC(=O)C1=C(C)NC(=S)N[C@@H]1c1ccccc1OCC(=O)NN=Cc1ccc(N(C)C)o1. The number of carbonyl (C=O) groups excluding carboxylic acids is 2. The molecule has 1 aromatic heterocycles. The molecule has 34 heavy (non-hydrogen) atoms. The van der Waals surface area contributed by atoms with Gasteiger partial charge < -0.3 is 29.4 Å². The Kier molecular flexibility index (Phi) is 8.25. The van der Waals surface area contributed by atoms with E-state index in [9.17, 15) is 9.59 Å². The normalized spacial score (nSPS) is 15.5. The molecule has 0 spiro atoms. The van der Waals surface area contributed by atoms with Gasteiger partial charge >= 0.3 is 5.97 Å². The Morgan fingerprint density at radius 3 is 2.74 bits per heavy atom. The van der Waals surface area contributed by atoms with Crippen molar-refractivity contribution in [1.82, 2.24) is 16.1 Å². The van der Waals surface area contributed by atoms with Crippen molar-refractivity contribution in [3.63, 3.8) is 0 Å². The maximum atomic E-state index is 12.6. The number of nitrogens with one attached hydrogen (secondary N) is 3. The van der Waals surface area contributed by atoms with Crippen LogP contribution in [0.4, 0.5) is 5.88 Å². The number of benzene rings is 1. The quantitative estimate of drug-likeness (QED) is 0.213. The van der Waals surface area contributed by atoms with Crippen LogP contribution in [0.15, 0.2) is 57.2 Å². The molecule has 3 rings (SSSR count). The fourth-order valence-electron chi connectivity index (χ4n) is 3.25. The van der Waals surface area contributed by atoms with Gasteiger partial charge in [0.2, 0.25) is 0 Å². The number of hydrogen-bond donors (Lipinski definition) is 3. The molecular weight excluding hydrogens is 458 g/mol. The molecule has 1 aliphatic rings. The number of hydrogen-bond acceptors (Lipinski definition) is 8. The van der Waals surface area contributed by atoms with Gasteiger partial charge in [0, 0.05) is 31.4 Å². The molecule has 0 unspecified atom stereocenters. The van der Waals surface area contributed by atoms with Crippen LogP contribution in [0.2, 0.25) is 0 Å². The molecular formula is C23H27N5O5S. The lowest BCUT2D eigenvalue weighted by Crippen LogP contribution is -2.45. The summed E-state index contributed by atoms with van der Waals surface area (Å²) in [5, 5.41) is 10.3. The Bertz CT molecular complexity index is 1120. The van der Waals surface area contributed by atoms with Crippen molar-refractivity contribution < 1.29 is 23.5 Å². The molecule has 0 bridgehead atoms. The maximum absolute atomic E-state index is 12.6. The number of esters is 1. The predicted octanol–water partition coefficient (Wildman–Crippen LogP) is 2.23. The number of para-hydroxylation sites is 1. The molecule has 0 saturated carbocycles. The van der Waals surface area contributed by atoms with E-state index in [0.29, 0.717) is 39.3 Å². The van der Waals surface area contributed by atoms with Crippen LogP contribution in [-0.2, 0) is 14.3 Å². The Balaban J connectivity index is 1.69. The first-order valence-corrected chi connectivity index (χ1v) is 11.0. The smallest absolute Gasteiger partial charge is 0.338 e. The van der Waals surface area contributed by atoms with E-state index in [4.69, 9.17) is 26.1 Å². The van der Waals surface area contributed by atoms with Crippen LogP contribution >= 0.6 is 12.2 Å². The summed E-state index contributed by atoms with van der Waals surface area (Å²) in [5.41, 5.74) is 4.01. The summed E-state index contributed by atoms with van der Waals surface area (Å²) in [4.78, 5) is 26.7. The van der Waals surface area contributed by atoms with E-state index in [1.807, 2.05) is 25.1 Å². The Morgan fingerprint density at radius 1 is 1.26 bits per heavy atom. The number of ether oxygens (including phenoxy) is 2. The largest absolute Gasteiger partial charge is 0.483 e. The molecule has 0 radical (unpaired) electrons. The Morgan fingerprint density at radius 2 is 2.03 bits per heavy atom. The molecule has 10 nitrogen and oxygen atoms in total. The lowest BCUT2D eigenvalue weighted by atomic mass is 9.95. The fourth-order valence-corrected chi connectivity index (χ4v) is 3.52. The number of rotatable bonds is 9. The second-order valence-electron chi connectivity index (χ2n) is 7.48. The van der Waals surface area contributed by atoms with E-state index in [-0.39, 0.29) is 13.2 Å². The minimum absolute atomic E-state index is 0.236. The van der Waals surface area contributed by atoms with E-state index >= 15 is 0 Å². The number of hydrazone groups is 1. The molecule has 1 amide bonds. The second-order valence-corrected chi connectivity index (χ2v) is 7.89. The number of amides is 1. The number of thiocarbonyl (C=S) groups is 1. The molecule has 180 valence electrons. The predicted molar refractivity (Wildman–Crippen MR) is 132 cm³/mol. The number of furan rings is 1. The third-order valence-corrected chi connectivity index (χ3v) is 5.01. The summed E-state index contributed by atoms with van der Waals surface area (Å²) in [6.07, 6.45) is 1.40. The van der Waals surface area contributed by atoms with Crippen LogP contribution in [0.25, 0.3) is 0 Å². The van der Waals surface area contributed by atoms with Gasteiger partial charge in [-0.1, -0.05) is 18.2 Å². The van der Waals surface area contributed by atoms with Crippen LogP contribution in [0.3, 0.4) is 0 Å². The number of allylic oxidation sites excluding steroid dienone is 1. The highest BCUT2D eigenvalue weighted by Gasteiger charge is 2.32. The van der Waals surface area contributed by atoms with Crippen LogP contribution in [0, 0.1) is 0 Å². The lowest BCUT2D eigenvalue weighted by Gasteiger charge is -2.30. The fraction of sp³-hybridized carbons (Fsp3) is 0.304. The standard InChI is InChI=1S/C23H27N5O5S/c1-5-31-22(30)20-14(2)25-23(34)26-21(20)16-8-6-7-9-17(16)32-13-18(29)27-24-12-15-10-11-19(33-15)28(3)4/h6-12,21H,5,13H2,1-4H3,(H,27,29)(H2,25,26,34)/t21-/m1/s1. The average molecular weight is 486 g/mol. The summed E-state index contributed by atoms with van der Waals surface area (Å²) in [6, 6.07) is 10.0. The van der Waals surface area contributed by atoms with E-state index in [1.165, 1.54) is 6.21 Å². The minimum Gasteiger partial charge on any atom is -0.483 e. The van der Waals surface area contributed by atoms with E-state index in [2.05, 4.69) is 21.2 Å². The van der Waals surface area contributed by atoms with Crippen molar-refractivity contribution in [3.8, 4) is 5.75 Å². The Labute approximate surface area is 203 Å². The molecule has 1 aliphatic heterocycles. The van der Waals surface area contributed by atoms with E-state index in [1.54, 1.807) is 44.2 Å². The first-order chi connectivity index (χ1) is 16.3. The summed E-state index contributed by atoms with van der Waals surface area (Å²) in [6.45, 7) is 3.44. The molecule has 11 heteroatoms. The van der Waals surface area contributed by atoms with Gasteiger partial charge in [-0.2, -0.15) is 5.10 Å². The molecule has 1 aromatic carbocycles. The van der Waals surface area contributed by atoms with Crippen LogP contribution < -0.4 is 25.7 Å². The third kappa shape index (κ3) is 6.13. The first kappa shape index (κ1) is 24.8. The number of nitrogens with zero attached hydrogens (tertiary/aromatic N) is 2. The van der Waals surface area contributed by atoms with E-state index < -0.39 is 17.9 Å². The van der Waals surface area contributed by atoms with Gasteiger partial charge in [-0.3, -0.25) is 4.79 Å². The highest BCUT2D eigenvalue weighted by molar-refractivity contribution is 7.80. The van der Waals surface area contributed by atoms with Gasteiger partial charge in [0.15, 0.2) is 17.6 Å². The highest BCUT2D eigenvalue weighted by Crippen LogP contribution is 2.33. The zero-order valence-electron chi connectivity index (χ0n) is 19.4. The van der Waals surface area contributed by atoms with Crippen molar-refractivity contribution in [2.75, 3.05) is 32.2 Å². The van der Waals surface area contributed by atoms with Crippen molar-refractivity contribution >= 4 is 41.3 Å². The molecule has 3 N–H and O–H groups in total. The minimum atomic E-state index is -0.602. The van der Waals surface area contributed by atoms with Crippen LogP contribution in [0.5, 0.6) is 5.75 Å². The lowest BCUT2D eigenvalue weighted by molar-refractivity contribution is -0.139. The summed E-state index contributed by atoms with van der Waals surface area (Å²) in [7, 11) is 3.72.